The van der Waals surface area contributed by atoms with Gasteiger partial charge in [0.25, 0.3) is 0 Å². The summed E-state index contributed by atoms with van der Waals surface area (Å²) in [5.41, 5.74) is 0.814. The molecule has 0 unspecified atom stereocenters. The zero-order chi connectivity index (χ0) is 16.7. The highest BCUT2D eigenvalue weighted by molar-refractivity contribution is 7.97. The Hall–Kier alpha value is -2.47. The van der Waals surface area contributed by atoms with Gasteiger partial charge in [-0.1, -0.05) is 30.3 Å². The zero-order valence-corrected chi connectivity index (χ0v) is 13.8. The van der Waals surface area contributed by atoms with Crippen molar-refractivity contribution in [2.45, 2.75) is 11.3 Å². The number of ether oxygens (including phenoxy) is 1. The van der Waals surface area contributed by atoms with Gasteiger partial charge in [-0.25, -0.2) is 4.79 Å². The van der Waals surface area contributed by atoms with Crippen LogP contribution in [0, 0.1) is 0 Å². The minimum atomic E-state index is -0.447. The lowest BCUT2D eigenvalue weighted by Crippen LogP contribution is -2.38. The molecule has 0 radical (unpaired) electrons. The van der Waals surface area contributed by atoms with Gasteiger partial charge in [0, 0.05) is 11.9 Å². The lowest BCUT2D eigenvalue weighted by Gasteiger charge is -2.16. The normalized spacial score (nSPS) is 10.0. The van der Waals surface area contributed by atoms with Gasteiger partial charge in [0.2, 0.25) is 5.91 Å². The van der Waals surface area contributed by atoms with E-state index in [1.807, 2.05) is 30.3 Å². The highest BCUT2D eigenvalue weighted by atomic mass is 32.2. The minimum absolute atomic E-state index is 0.138. The first-order chi connectivity index (χ1) is 11.1. The molecule has 0 aromatic heterocycles. The first-order valence-electron chi connectivity index (χ1n) is 7.02. The van der Waals surface area contributed by atoms with Crippen molar-refractivity contribution >= 4 is 23.9 Å². The van der Waals surface area contributed by atoms with Crippen molar-refractivity contribution in [1.82, 2.24) is 9.62 Å². The molecule has 0 saturated heterocycles. The van der Waals surface area contributed by atoms with E-state index in [9.17, 15) is 9.59 Å². The van der Waals surface area contributed by atoms with E-state index >= 15 is 0 Å². The third-order valence-electron chi connectivity index (χ3n) is 3.04. The molecule has 23 heavy (non-hydrogen) atoms. The maximum absolute atomic E-state index is 12.0. The number of carbonyl (C=O) groups is 2. The summed E-state index contributed by atoms with van der Waals surface area (Å²) in [6.45, 7) is 0. The Morgan fingerprint density at radius 3 is 2.35 bits per heavy atom. The first kappa shape index (κ1) is 16.9. The highest BCUT2D eigenvalue weighted by Crippen LogP contribution is 2.20. The Kier molecular flexibility index (Phi) is 6.05. The SMILES string of the molecule is COc1ccc(CC(=O)NC(=O)N(C)Sc2ccccc2)cc1. The Labute approximate surface area is 139 Å². The van der Waals surface area contributed by atoms with Crippen LogP contribution in [0.4, 0.5) is 4.79 Å². The van der Waals surface area contributed by atoms with Gasteiger partial charge in [-0.3, -0.25) is 14.4 Å². The van der Waals surface area contributed by atoms with E-state index in [4.69, 9.17) is 4.74 Å². The molecular formula is C17H18N2O3S. The van der Waals surface area contributed by atoms with Gasteiger partial charge >= 0.3 is 6.03 Å². The average molecular weight is 330 g/mol. The predicted molar refractivity (Wildman–Crippen MR) is 90.3 cm³/mol. The van der Waals surface area contributed by atoms with E-state index < -0.39 is 6.03 Å². The summed E-state index contributed by atoms with van der Waals surface area (Å²) in [7, 11) is 3.20. The number of nitrogens with one attached hydrogen (secondary N) is 1. The zero-order valence-electron chi connectivity index (χ0n) is 13.0. The molecule has 3 amide bonds. The van der Waals surface area contributed by atoms with Crippen LogP contribution in [-0.2, 0) is 11.2 Å². The van der Waals surface area contributed by atoms with Crippen LogP contribution in [0.5, 0.6) is 5.75 Å². The minimum Gasteiger partial charge on any atom is -0.497 e. The fourth-order valence-corrected chi connectivity index (χ4v) is 2.58. The molecule has 0 bridgehead atoms. The van der Waals surface area contributed by atoms with Gasteiger partial charge in [0.15, 0.2) is 0 Å². The number of urea groups is 1. The molecule has 1 N–H and O–H groups in total. The lowest BCUT2D eigenvalue weighted by molar-refractivity contribution is -0.119. The van der Waals surface area contributed by atoms with Crippen molar-refractivity contribution in [2.75, 3.05) is 14.2 Å². The van der Waals surface area contributed by atoms with Gasteiger partial charge < -0.3 is 4.74 Å². The fraction of sp³-hybridized carbons (Fsp3) is 0.176. The van der Waals surface area contributed by atoms with Gasteiger partial charge in [-0.05, 0) is 41.8 Å². The summed E-state index contributed by atoms with van der Waals surface area (Å²) < 4.78 is 6.45. The van der Waals surface area contributed by atoms with Gasteiger partial charge in [-0.15, -0.1) is 0 Å². The summed E-state index contributed by atoms with van der Waals surface area (Å²) in [6, 6.07) is 16.2. The predicted octanol–water partition coefficient (Wildman–Crippen LogP) is 3.11. The van der Waals surface area contributed by atoms with Crippen molar-refractivity contribution in [3.8, 4) is 5.75 Å². The van der Waals surface area contributed by atoms with E-state index in [0.717, 1.165) is 16.2 Å². The Morgan fingerprint density at radius 1 is 1.09 bits per heavy atom. The maximum atomic E-state index is 12.0. The van der Waals surface area contributed by atoms with Crippen LogP contribution in [0.25, 0.3) is 0 Å². The molecular weight excluding hydrogens is 312 g/mol. The van der Waals surface area contributed by atoms with Crippen molar-refractivity contribution in [2.24, 2.45) is 0 Å². The maximum Gasteiger partial charge on any atom is 0.334 e. The number of nitrogens with zero attached hydrogens (tertiary/aromatic N) is 1. The lowest BCUT2D eigenvalue weighted by atomic mass is 10.1. The molecule has 6 heteroatoms. The second-order valence-corrected chi connectivity index (χ2v) is 5.98. The summed E-state index contributed by atoms with van der Waals surface area (Å²) in [4.78, 5) is 24.9. The second kappa shape index (κ2) is 8.24. The van der Waals surface area contributed by atoms with Crippen LogP contribution in [0.3, 0.4) is 0 Å². The van der Waals surface area contributed by atoms with Crippen LogP contribution in [-0.4, -0.2) is 30.4 Å². The molecule has 120 valence electrons. The molecule has 0 heterocycles. The first-order valence-corrected chi connectivity index (χ1v) is 7.79. The van der Waals surface area contributed by atoms with Gasteiger partial charge in [0.05, 0.1) is 13.5 Å². The van der Waals surface area contributed by atoms with Crippen LogP contribution >= 0.6 is 11.9 Å². The van der Waals surface area contributed by atoms with E-state index in [1.165, 1.54) is 16.3 Å². The Balaban J connectivity index is 1.84. The number of amides is 3. The fourth-order valence-electron chi connectivity index (χ4n) is 1.85. The van der Waals surface area contributed by atoms with Crippen LogP contribution in [0.15, 0.2) is 59.5 Å². The standard InChI is InChI=1S/C17H18N2O3S/c1-19(23-15-6-4-3-5-7-15)17(21)18-16(20)12-13-8-10-14(22-2)11-9-13/h3-11H,12H2,1-2H3,(H,18,20,21). The van der Waals surface area contributed by atoms with E-state index in [-0.39, 0.29) is 12.3 Å². The molecule has 2 rings (SSSR count). The third kappa shape index (κ3) is 5.34. The molecule has 0 aliphatic rings. The molecule has 0 aliphatic heterocycles. The van der Waals surface area contributed by atoms with Crippen molar-refractivity contribution in [3.63, 3.8) is 0 Å². The summed E-state index contributed by atoms with van der Waals surface area (Å²) in [5, 5.41) is 2.37. The average Bonchev–Trinajstić information content (AvgIpc) is 2.56. The highest BCUT2D eigenvalue weighted by Gasteiger charge is 2.14. The molecule has 2 aromatic carbocycles. The third-order valence-corrected chi connectivity index (χ3v) is 3.96. The largest absolute Gasteiger partial charge is 0.497 e. The number of rotatable bonds is 5. The van der Waals surface area contributed by atoms with Crippen molar-refractivity contribution < 1.29 is 14.3 Å². The molecule has 0 fully saturated rings. The van der Waals surface area contributed by atoms with Gasteiger partial charge in [0.1, 0.15) is 5.75 Å². The Bertz CT molecular complexity index is 659. The van der Waals surface area contributed by atoms with Crippen LogP contribution in [0.2, 0.25) is 0 Å². The molecule has 0 aliphatic carbocycles. The number of carbonyl (C=O) groups excluding carboxylic acids is 2. The number of imide groups is 1. The van der Waals surface area contributed by atoms with Crippen molar-refractivity contribution in [1.29, 1.82) is 0 Å². The van der Waals surface area contributed by atoms with Crippen LogP contribution in [0.1, 0.15) is 5.56 Å². The number of hydrogen-bond acceptors (Lipinski definition) is 4. The van der Waals surface area contributed by atoms with Gasteiger partial charge in [-0.2, -0.15) is 0 Å². The van der Waals surface area contributed by atoms with E-state index in [1.54, 1.807) is 38.4 Å². The van der Waals surface area contributed by atoms with Crippen LogP contribution < -0.4 is 10.1 Å². The van der Waals surface area contributed by atoms with E-state index in [0.29, 0.717) is 0 Å². The quantitative estimate of drug-likeness (QED) is 0.856. The summed E-state index contributed by atoms with van der Waals surface area (Å²) in [5.74, 6) is 0.380. The molecule has 5 nitrogen and oxygen atoms in total. The summed E-state index contributed by atoms with van der Waals surface area (Å²) in [6.07, 6.45) is 0.138. The second-order valence-electron chi connectivity index (χ2n) is 4.78. The molecule has 0 saturated carbocycles. The summed E-state index contributed by atoms with van der Waals surface area (Å²) >= 11 is 1.26. The number of hydrogen-bond donors (Lipinski definition) is 1. The number of benzene rings is 2. The topological polar surface area (TPSA) is 58.6 Å². The number of methoxy groups -OCH3 is 1. The molecule has 2 aromatic rings. The molecule has 0 atom stereocenters. The molecule has 0 spiro atoms. The Morgan fingerprint density at radius 2 is 1.74 bits per heavy atom. The smallest absolute Gasteiger partial charge is 0.334 e. The van der Waals surface area contributed by atoms with E-state index in [2.05, 4.69) is 5.32 Å². The monoisotopic (exact) mass is 330 g/mol. The van der Waals surface area contributed by atoms with Crippen molar-refractivity contribution in [3.05, 3.63) is 60.2 Å².